The van der Waals surface area contributed by atoms with Crippen LogP contribution in [0.3, 0.4) is 0 Å². The van der Waals surface area contributed by atoms with Gasteiger partial charge in [-0.1, -0.05) is 0 Å². The van der Waals surface area contributed by atoms with Crippen LogP contribution in [0.5, 0.6) is 0 Å². The molecule has 0 spiro atoms. The smallest absolute Gasteiger partial charge is 0.101 e. The van der Waals surface area contributed by atoms with Crippen LogP contribution in [0, 0.1) is 5.21 Å². The van der Waals surface area contributed by atoms with Crippen LogP contribution in [0.2, 0.25) is 0 Å². The molecule has 1 N–H and O–H groups in total. The van der Waals surface area contributed by atoms with Crippen LogP contribution in [0.15, 0.2) is 0 Å². The molecule has 0 amide bonds. The van der Waals surface area contributed by atoms with Crippen molar-refractivity contribution in [2.75, 3.05) is 26.7 Å². The van der Waals surface area contributed by atoms with Crippen molar-refractivity contribution >= 4 is 0 Å². The third kappa shape index (κ3) is 1.46. The molecule has 1 aliphatic rings. The molecule has 2 atom stereocenters. The third-order valence-electron chi connectivity index (χ3n) is 2.21. The van der Waals surface area contributed by atoms with E-state index >= 15 is 0 Å². The van der Waals surface area contributed by atoms with Crippen LogP contribution in [-0.2, 0) is 0 Å². The van der Waals surface area contributed by atoms with Crippen LogP contribution in [0.25, 0.3) is 0 Å². The molecular formula is C6H14N2O2. The fourth-order valence-corrected chi connectivity index (χ4v) is 1.10. The summed E-state index contributed by atoms with van der Waals surface area (Å²) in [6.07, 6.45) is 0. The van der Waals surface area contributed by atoms with Crippen LogP contribution < -0.4 is 0 Å². The summed E-state index contributed by atoms with van der Waals surface area (Å²) in [6, 6.07) is -0.0150. The molecule has 0 aromatic heterocycles. The molecule has 0 radical (unpaired) electrons. The normalized spacial score (nSPS) is 43.8. The summed E-state index contributed by atoms with van der Waals surface area (Å²) in [6.45, 7) is 3.32. The van der Waals surface area contributed by atoms with Crippen LogP contribution in [0.1, 0.15) is 6.92 Å². The molecule has 4 heteroatoms. The van der Waals surface area contributed by atoms with E-state index in [4.69, 9.17) is 5.21 Å². The van der Waals surface area contributed by atoms with E-state index in [9.17, 15) is 5.21 Å². The Kier molecular flexibility index (Phi) is 1.96. The van der Waals surface area contributed by atoms with Gasteiger partial charge in [-0.05, 0) is 6.92 Å². The molecule has 0 saturated carbocycles. The summed E-state index contributed by atoms with van der Waals surface area (Å²) in [5, 5.41) is 21.6. The second kappa shape index (κ2) is 2.47. The molecule has 60 valence electrons. The van der Waals surface area contributed by atoms with Crippen molar-refractivity contribution in [1.82, 2.24) is 5.06 Å². The molecular weight excluding hydrogens is 132 g/mol. The number of piperazine rings is 1. The summed E-state index contributed by atoms with van der Waals surface area (Å²) in [5.74, 6) is 0. The maximum atomic E-state index is 11.4. The molecule has 1 fully saturated rings. The third-order valence-corrected chi connectivity index (χ3v) is 2.21. The summed E-state index contributed by atoms with van der Waals surface area (Å²) in [7, 11) is 1.65. The van der Waals surface area contributed by atoms with Gasteiger partial charge in [-0.25, -0.2) is 0 Å². The summed E-state index contributed by atoms with van der Waals surface area (Å²) in [5.41, 5.74) is 0. The highest BCUT2D eigenvalue weighted by molar-refractivity contribution is 4.62. The van der Waals surface area contributed by atoms with Crippen LogP contribution >= 0.6 is 0 Å². The second-order valence-electron chi connectivity index (χ2n) is 3.16. The van der Waals surface area contributed by atoms with Gasteiger partial charge >= 0.3 is 0 Å². The van der Waals surface area contributed by atoms with Crippen molar-refractivity contribution in [2.24, 2.45) is 0 Å². The van der Waals surface area contributed by atoms with Crippen molar-refractivity contribution in [1.29, 1.82) is 0 Å². The maximum Gasteiger partial charge on any atom is 0.101 e. The number of hydrogen-bond acceptors (Lipinski definition) is 3. The minimum atomic E-state index is -0.225. The Bertz CT molecular complexity index is 127. The molecule has 0 aromatic carbocycles. The van der Waals surface area contributed by atoms with E-state index in [1.165, 1.54) is 5.06 Å². The van der Waals surface area contributed by atoms with E-state index in [0.717, 1.165) is 0 Å². The van der Waals surface area contributed by atoms with Gasteiger partial charge in [0, 0.05) is 0 Å². The number of hydrogen-bond donors (Lipinski definition) is 1. The Morgan fingerprint density at radius 1 is 1.70 bits per heavy atom. The molecule has 10 heavy (non-hydrogen) atoms. The van der Waals surface area contributed by atoms with Gasteiger partial charge in [0.15, 0.2) is 0 Å². The number of nitrogens with zero attached hydrogens (tertiary/aromatic N) is 2. The molecule has 1 aliphatic heterocycles. The van der Waals surface area contributed by atoms with Gasteiger partial charge in [0.05, 0.1) is 26.7 Å². The van der Waals surface area contributed by atoms with Gasteiger partial charge in [-0.2, -0.15) is 5.06 Å². The lowest BCUT2D eigenvalue weighted by Gasteiger charge is -2.48. The van der Waals surface area contributed by atoms with E-state index in [-0.39, 0.29) is 10.7 Å². The fourth-order valence-electron chi connectivity index (χ4n) is 1.10. The molecule has 1 saturated heterocycles. The molecule has 0 bridgehead atoms. The second-order valence-corrected chi connectivity index (χ2v) is 3.16. The SMILES string of the molecule is CC1CN(O)CC[N+]1(C)[O-]. The van der Waals surface area contributed by atoms with Gasteiger partial charge in [0.25, 0.3) is 0 Å². The number of likely N-dealkylation sites (N-methyl/N-ethyl adjacent to an activating group) is 1. The van der Waals surface area contributed by atoms with E-state index in [0.29, 0.717) is 19.6 Å². The first-order chi connectivity index (χ1) is 4.52. The predicted molar refractivity (Wildman–Crippen MR) is 37.2 cm³/mol. The number of hydroxylamine groups is 5. The minimum absolute atomic E-state index is 0.0150. The van der Waals surface area contributed by atoms with Crippen molar-refractivity contribution in [3.8, 4) is 0 Å². The maximum absolute atomic E-state index is 11.4. The summed E-state index contributed by atoms with van der Waals surface area (Å²) >= 11 is 0. The van der Waals surface area contributed by atoms with Crippen molar-refractivity contribution in [3.63, 3.8) is 0 Å². The van der Waals surface area contributed by atoms with Gasteiger partial charge in [0.1, 0.15) is 6.04 Å². The number of quaternary nitrogens is 1. The molecule has 1 heterocycles. The average Bonchev–Trinajstić information content (AvgIpc) is 1.81. The van der Waals surface area contributed by atoms with E-state index in [2.05, 4.69) is 0 Å². The van der Waals surface area contributed by atoms with Gasteiger partial charge < -0.3 is 15.1 Å². The zero-order chi connectivity index (χ0) is 7.78. The Hall–Kier alpha value is -0.160. The van der Waals surface area contributed by atoms with E-state index < -0.39 is 0 Å². The Morgan fingerprint density at radius 3 is 2.70 bits per heavy atom. The first-order valence-corrected chi connectivity index (χ1v) is 3.52. The summed E-state index contributed by atoms with van der Waals surface area (Å²) < 4.78 is -0.225. The molecule has 2 unspecified atom stereocenters. The quantitative estimate of drug-likeness (QED) is 0.387. The Morgan fingerprint density at radius 2 is 2.30 bits per heavy atom. The molecule has 4 nitrogen and oxygen atoms in total. The lowest BCUT2D eigenvalue weighted by molar-refractivity contribution is -0.891. The average molecular weight is 146 g/mol. The zero-order valence-electron chi connectivity index (χ0n) is 6.45. The Labute approximate surface area is 60.8 Å². The molecule has 1 rings (SSSR count). The zero-order valence-corrected chi connectivity index (χ0v) is 6.45. The first-order valence-electron chi connectivity index (χ1n) is 3.52. The van der Waals surface area contributed by atoms with Crippen molar-refractivity contribution in [3.05, 3.63) is 5.21 Å². The highest BCUT2D eigenvalue weighted by Crippen LogP contribution is 2.13. The Balaban J connectivity index is 2.52. The fraction of sp³-hybridized carbons (Fsp3) is 1.00. The van der Waals surface area contributed by atoms with Crippen molar-refractivity contribution in [2.45, 2.75) is 13.0 Å². The standard InChI is InChI=1S/C6H14N2O2/c1-6-5-7(9)3-4-8(6,2)10/h6,9H,3-5H2,1-2H3. The highest BCUT2D eigenvalue weighted by Gasteiger charge is 2.27. The lowest BCUT2D eigenvalue weighted by atomic mass is 10.2. The highest BCUT2D eigenvalue weighted by atomic mass is 16.6. The predicted octanol–water partition coefficient (Wildman–Crippen LogP) is 0.0241. The minimum Gasteiger partial charge on any atom is -0.633 e. The van der Waals surface area contributed by atoms with Crippen LogP contribution in [-0.4, -0.2) is 47.6 Å². The lowest BCUT2D eigenvalue weighted by Crippen LogP contribution is -2.58. The van der Waals surface area contributed by atoms with E-state index in [1.807, 2.05) is 6.92 Å². The topological polar surface area (TPSA) is 46.5 Å². The monoisotopic (exact) mass is 146 g/mol. The van der Waals surface area contributed by atoms with E-state index in [1.54, 1.807) is 7.05 Å². The van der Waals surface area contributed by atoms with Crippen LogP contribution in [0.4, 0.5) is 0 Å². The first kappa shape index (κ1) is 7.94. The molecule has 0 aliphatic carbocycles. The summed E-state index contributed by atoms with van der Waals surface area (Å²) in [4.78, 5) is 0. The van der Waals surface area contributed by atoms with Gasteiger partial charge in [-0.3, -0.25) is 0 Å². The number of rotatable bonds is 0. The van der Waals surface area contributed by atoms with Crippen molar-refractivity contribution < 1.29 is 9.85 Å². The van der Waals surface area contributed by atoms with Gasteiger partial charge in [0.2, 0.25) is 0 Å². The molecule has 0 aromatic rings. The van der Waals surface area contributed by atoms with Gasteiger partial charge in [-0.15, -0.1) is 0 Å². The largest absolute Gasteiger partial charge is 0.633 e.